The van der Waals surface area contributed by atoms with Gasteiger partial charge in [-0.1, -0.05) is 34.8 Å². The number of aromatic nitrogens is 2. The molecule has 182 valence electrons. The Hall–Kier alpha value is -2.50. The zero-order valence-electron chi connectivity index (χ0n) is 19.7. The number of anilines is 1. The molecule has 0 radical (unpaired) electrons. The van der Waals surface area contributed by atoms with Gasteiger partial charge in [0.25, 0.3) is 0 Å². The number of likely N-dealkylation sites (N-methyl/N-ethyl adjacent to an activating group) is 1. The third-order valence-corrected chi connectivity index (χ3v) is 8.55. The summed E-state index contributed by atoms with van der Waals surface area (Å²) < 4.78 is 3.53. The second-order valence-electron chi connectivity index (χ2n) is 9.13. The Balaban J connectivity index is 1.58. The molecular weight excluding hydrogens is 472 g/mol. The standard InChI is InChI=1S/C23H30N6O3S2/c1-13(24-4)19(30)25-15-11-8-12-16-29(22(15)32)18(23(2,3)33-16)20(31)26-21-17(27-28-34-21)14-9-6-5-7-10-14/h5-7,9-10,13,15-16,18,24H,8,11-12H2,1-4H3,(H,25,30)(H,26,31)/t13-,15?,16+,18+/m0/s1. The molecule has 34 heavy (non-hydrogen) atoms. The first-order valence-electron chi connectivity index (χ1n) is 11.4. The lowest BCUT2D eigenvalue weighted by atomic mass is 9.99. The number of hydrogen-bond donors (Lipinski definition) is 3. The molecule has 11 heteroatoms. The zero-order valence-corrected chi connectivity index (χ0v) is 21.3. The van der Waals surface area contributed by atoms with Gasteiger partial charge in [-0.25, -0.2) is 0 Å². The minimum Gasteiger partial charge on any atom is -0.343 e. The van der Waals surface area contributed by atoms with E-state index in [0.29, 0.717) is 17.1 Å². The number of hydrogen-bond acceptors (Lipinski definition) is 8. The van der Waals surface area contributed by atoms with Crippen molar-refractivity contribution in [1.29, 1.82) is 0 Å². The van der Waals surface area contributed by atoms with Gasteiger partial charge in [-0.3, -0.25) is 14.4 Å². The summed E-state index contributed by atoms with van der Waals surface area (Å²) in [6, 6.07) is 7.79. The number of carbonyl (C=O) groups is 3. The molecule has 3 heterocycles. The van der Waals surface area contributed by atoms with Gasteiger partial charge < -0.3 is 20.9 Å². The first-order valence-corrected chi connectivity index (χ1v) is 13.0. The van der Waals surface area contributed by atoms with Crippen molar-refractivity contribution in [3.05, 3.63) is 30.3 Å². The fourth-order valence-corrected chi connectivity index (χ4v) is 6.75. The predicted molar refractivity (Wildman–Crippen MR) is 134 cm³/mol. The Kier molecular flexibility index (Phi) is 7.25. The van der Waals surface area contributed by atoms with Gasteiger partial charge in [0.15, 0.2) is 0 Å². The van der Waals surface area contributed by atoms with E-state index in [0.717, 1.165) is 29.9 Å². The second kappa shape index (κ2) is 10.0. The van der Waals surface area contributed by atoms with Gasteiger partial charge in [0.2, 0.25) is 17.7 Å². The minimum atomic E-state index is -0.694. The van der Waals surface area contributed by atoms with E-state index in [4.69, 9.17) is 0 Å². The Morgan fingerprint density at radius 1 is 1.21 bits per heavy atom. The molecule has 0 bridgehead atoms. The number of amides is 3. The maximum atomic E-state index is 13.6. The maximum absolute atomic E-state index is 13.6. The molecule has 2 aliphatic heterocycles. The van der Waals surface area contributed by atoms with Crippen LogP contribution in [0.25, 0.3) is 11.3 Å². The van der Waals surface area contributed by atoms with E-state index in [1.54, 1.807) is 30.6 Å². The highest BCUT2D eigenvalue weighted by molar-refractivity contribution is 8.01. The summed E-state index contributed by atoms with van der Waals surface area (Å²) >= 11 is 2.75. The fourth-order valence-electron chi connectivity index (χ4n) is 4.48. The number of thioether (sulfide) groups is 1. The van der Waals surface area contributed by atoms with Crippen LogP contribution in [0, 0.1) is 0 Å². The molecule has 1 aromatic carbocycles. The summed E-state index contributed by atoms with van der Waals surface area (Å²) in [5.74, 6) is -0.704. The fraction of sp³-hybridized carbons (Fsp3) is 0.522. The molecule has 2 fully saturated rings. The van der Waals surface area contributed by atoms with Gasteiger partial charge >= 0.3 is 0 Å². The minimum absolute atomic E-state index is 0.116. The van der Waals surface area contributed by atoms with Crippen LogP contribution in [0.2, 0.25) is 0 Å². The van der Waals surface area contributed by atoms with Crippen molar-refractivity contribution in [2.45, 2.75) is 68.3 Å². The monoisotopic (exact) mass is 502 g/mol. The van der Waals surface area contributed by atoms with E-state index >= 15 is 0 Å². The molecule has 4 atom stereocenters. The third-order valence-electron chi connectivity index (χ3n) is 6.35. The molecule has 1 aromatic heterocycles. The van der Waals surface area contributed by atoms with Gasteiger partial charge in [0, 0.05) is 21.8 Å². The quantitative estimate of drug-likeness (QED) is 0.556. The van der Waals surface area contributed by atoms with Crippen molar-refractivity contribution in [1.82, 2.24) is 25.1 Å². The van der Waals surface area contributed by atoms with E-state index in [2.05, 4.69) is 25.5 Å². The van der Waals surface area contributed by atoms with E-state index in [1.165, 1.54) is 0 Å². The van der Waals surface area contributed by atoms with Crippen molar-refractivity contribution >= 4 is 46.0 Å². The van der Waals surface area contributed by atoms with Crippen molar-refractivity contribution in [2.75, 3.05) is 12.4 Å². The molecule has 2 aliphatic rings. The number of carbonyl (C=O) groups excluding carboxylic acids is 3. The molecule has 0 saturated carbocycles. The first kappa shape index (κ1) is 24.6. The number of rotatable bonds is 6. The summed E-state index contributed by atoms with van der Waals surface area (Å²) in [5.41, 5.74) is 1.46. The Bertz CT molecular complexity index is 1060. The molecular formula is C23H30N6O3S2. The highest BCUT2D eigenvalue weighted by Crippen LogP contribution is 2.48. The average molecular weight is 503 g/mol. The Labute approximate surface area is 207 Å². The molecule has 2 saturated heterocycles. The van der Waals surface area contributed by atoms with Crippen LogP contribution < -0.4 is 16.0 Å². The highest BCUT2D eigenvalue weighted by Gasteiger charge is 2.54. The average Bonchev–Trinajstić information content (AvgIpc) is 3.34. The summed E-state index contributed by atoms with van der Waals surface area (Å²) in [6.07, 6.45) is 2.12. The van der Waals surface area contributed by atoms with Crippen molar-refractivity contribution in [3.8, 4) is 11.3 Å². The third kappa shape index (κ3) is 4.82. The summed E-state index contributed by atoms with van der Waals surface area (Å²) in [6.45, 7) is 5.73. The predicted octanol–water partition coefficient (Wildman–Crippen LogP) is 2.47. The van der Waals surface area contributed by atoms with Crippen LogP contribution in [0.1, 0.15) is 40.0 Å². The summed E-state index contributed by atoms with van der Waals surface area (Å²) in [7, 11) is 1.70. The molecule has 3 amide bonds. The molecule has 2 aromatic rings. The van der Waals surface area contributed by atoms with Gasteiger partial charge in [0.1, 0.15) is 22.8 Å². The van der Waals surface area contributed by atoms with Crippen LogP contribution >= 0.6 is 23.3 Å². The Morgan fingerprint density at radius 3 is 2.65 bits per heavy atom. The lowest BCUT2D eigenvalue weighted by Crippen LogP contribution is -2.58. The smallest absolute Gasteiger partial charge is 0.249 e. The number of nitrogens with one attached hydrogen (secondary N) is 3. The first-order chi connectivity index (χ1) is 16.2. The van der Waals surface area contributed by atoms with Gasteiger partial charge in [-0.05, 0) is 47.1 Å². The van der Waals surface area contributed by atoms with Crippen LogP contribution in [0.4, 0.5) is 5.00 Å². The lowest BCUT2D eigenvalue weighted by molar-refractivity contribution is -0.142. The van der Waals surface area contributed by atoms with Gasteiger partial charge in [-0.2, -0.15) is 0 Å². The van der Waals surface area contributed by atoms with Crippen LogP contribution in [-0.4, -0.2) is 67.5 Å². The van der Waals surface area contributed by atoms with Crippen LogP contribution in [0.3, 0.4) is 0 Å². The van der Waals surface area contributed by atoms with Crippen LogP contribution in [0.15, 0.2) is 30.3 Å². The molecule has 4 rings (SSSR count). The van der Waals surface area contributed by atoms with E-state index in [9.17, 15) is 14.4 Å². The molecule has 3 N–H and O–H groups in total. The van der Waals surface area contributed by atoms with E-state index in [1.807, 2.05) is 44.2 Å². The SMILES string of the molecule is CN[C@@H](C)C(=O)NC1CCC[C@H]2SC(C)(C)[C@@H](C(=O)Nc3snnc3-c3ccccc3)N2C1=O. The van der Waals surface area contributed by atoms with Crippen molar-refractivity contribution in [2.24, 2.45) is 0 Å². The van der Waals surface area contributed by atoms with Crippen molar-refractivity contribution in [3.63, 3.8) is 0 Å². The molecule has 0 spiro atoms. The van der Waals surface area contributed by atoms with Gasteiger partial charge in [-0.15, -0.1) is 16.9 Å². The lowest BCUT2D eigenvalue weighted by Gasteiger charge is -2.33. The number of benzene rings is 1. The second-order valence-corrected chi connectivity index (χ2v) is 11.7. The highest BCUT2D eigenvalue weighted by atomic mass is 32.2. The van der Waals surface area contributed by atoms with Crippen LogP contribution in [0.5, 0.6) is 0 Å². The Morgan fingerprint density at radius 2 is 1.94 bits per heavy atom. The summed E-state index contributed by atoms with van der Waals surface area (Å²) in [4.78, 5) is 41.5. The molecule has 9 nitrogen and oxygen atoms in total. The van der Waals surface area contributed by atoms with Gasteiger partial charge in [0.05, 0.1) is 11.4 Å². The van der Waals surface area contributed by atoms with E-state index in [-0.39, 0.29) is 23.1 Å². The molecule has 0 aliphatic carbocycles. The molecule has 1 unspecified atom stereocenters. The van der Waals surface area contributed by atoms with E-state index < -0.39 is 22.9 Å². The van der Waals surface area contributed by atoms with Crippen LogP contribution in [-0.2, 0) is 14.4 Å². The number of nitrogens with zero attached hydrogens (tertiary/aromatic N) is 3. The largest absolute Gasteiger partial charge is 0.343 e. The topological polar surface area (TPSA) is 116 Å². The van der Waals surface area contributed by atoms with Crippen molar-refractivity contribution < 1.29 is 14.4 Å². The number of fused-ring (bicyclic) bond motifs is 1. The zero-order chi connectivity index (χ0) is 24.5. The normalized spacial score (nSPS) is 24.8. The maximum Gasteiger partial charge on any atom is 0.249 e. The summed E-state index contributed by atoms with van der Waals surface area (Å²) in [5, 5.41) is 13.4.